The van der Waals surface area contributed by atoms with Gasteiger partial charge in [-0.1, -0.05) is 0 Å². The molecule has 0 N–H and O–H groups in total. The summed E-state index contributed by atoms with van der Waals surface area (Å²) in [6.07, 6.45) is 3.62. The lowest BCUT2D eigenvalue weighted by atomic mass is 10.2. The molecular formula is C6H10O2. The number of ether oxygens (including phenoxy) is 2. The van der Waals surface area contributed by atoms with E-state index in [9.17, 15) is 0 Å². The molecule has 0 saturated carbocycles. The van der Waals surface area contributed by atoms with Crippen molar-refractivity contribution in [1.29, 1.82) is 0 Å². The van der Waals surface area contributed by atoms with Crippen molar-refractivity contribution < 1.29 is 9.47 Å². The molecule has 0 aromatic rings. The third kappa shape index (κ3) is 1.20. The fraction of sp³-hybridized carbons (Fsp3) is 1.00. The van der Waals surface area contributed by atoms with Crippen LogP contribution in [0.4, 0.5) is 0 Å². The Balaban J connectivity index is 1.56. The van der Waals surface area contributed by atoms with Gasteiger partial charge in [0, 0.05) is 0 Å². The molecule has 0 amide bonds. The first-order chi connectivity index (χ1) is 3.95. The van der Waals surface area contributed by atoms with Crippen LogP contribution < -0.4 is 0 Å². The zero-order valence-corrected chi connectivity index (χ0v) is 4.80. The number of epoxide rings is 2. The molecule has 2 atom stereocenters. The molecule has 0 radical (unpaired) electrons. The molecule has 0 spiro atoms. The third-order valence-electron chi connectivity index (χ3n) is 1.62. The van der Waals surface area contributed by atoms with Gasteiger partial charge in [0.25, 0.3) is 0 Å². The van der Waals surface area contributed by atoms with Crippen molar-refractivity contribution >= 4 is 0 Å². The molecule has 2 heteroatoms. The Kier molecular flexibility index (Phi) is 1.02. The fourth-order valence-corrected chi connectivity index (χ4v) is 0.841. The van der Waals surface area contributed by atoms with Crippen LogP contribution in [0.5, 0.6) is 0 Å². The fourth-order valence-electron chi connectivity index (χ4n) is 0.841. The molecule has 0 unspecified atom stereocenters. The first kappa shape index (κ1) is 4.77. The summed E-state index contributed by atoms with van der Waals surface area (Å²) in [4.78, 5) is 0. The van der Waals surface area contributed by atoms with E-state index in [0.717, 1.165) is 13.2 Å². The zero-order valence-electron chi connectivity index (χ0n) is 4.80. The molecule has 2 heterocycles. The van der Waals surface area contributed by atoms with Crippen molar-refractivity contribution in [3.8, 4) is 0 Å². The van der Waals surface area contributed by atoms with E-state index < -0.39 is 0 Å². The van der Waals surface area contributed by atoms with Crippen molar-refractivity contribution in [2.75, 3.05) is 13.2 Å². The lowest BCUT2D eigenvalue weighted by molar-refractivity contribution is 0.356. The largest absolute Gasteiger partial charge is 0.373 e. The molecule has 0 aromatic heterocycles. The Morgan fingerprint density at radius 1 is 1.00 bits per heavy atom. The molecule has 2 nitrogen and oxygen atoms in total. The molecular weight excluding hydrogens is 104 g/mol. The van der Waals surface area contributed by atoms with E-state index in [1.165, 1.54) is 12.8 Å². The number of hydrogen-bond donors (Lipinski definition) is 0. The standard InChI is InChI=1S/C6H10O2/c1(5-3-7-5)2-6-4-8-6/h5-6H,1-4H2/t5-,6+. The van der Waals surface area contributed by atoms with Gasteiger partial charge in [-0.15, -0.1) is 0 Å². The van der Waals surface area contributed by atoms with Gasteiger partial charge in [-0.05, 0) is 12.8 Å². The molecule has 2 rings (SSSR count). The van der Waals surface area contributed by atoms with Gasteiger partial charge in [-0.25, -0.2) is 0 Å². The van der Waals surface area contributed by atoms with Gasteiger partial charge >= 0.3 is 0 Å². The van der Waals surface area contributed by atoms with Crippen LogP contribution in [-0.2, 0) is 9.47 Å². The minimum atomic E-state index is 0.596. The first-order valence-electron chi connectivity index (χ1n) is 3.18. The minimum absolute atomic E-state index is 0.596. The topological polar surface area (TPSA) is 25.1 Å². The number of hydrogen-bond acceptors (Lipinski definition) is 2. The van der Waals surface area contributed by atoms with E-state index in [4.69, 9.17) is 9.47 Å². The van der Waals surface area contributed by atoms with E-state index in [2.05, 4.69) is 0 Å². The Labute approximate surface area is 48.8 Å². The lowest BCUT2D eigenvalue weighted by Crippen LogP contribution is -1.89. The molecule has 2 fully saturated rings. The highest BCUT2D eigenvalue weighted by Gasteiger charge is 2.28. The van der Waals surface area contributed by atoms with Crippen molar-refractivity contribution in [3.05, 3.63) is 0 Å². The quantitative estimate of drug-likeness (QED) is 0.501. The summed E-state index contributed by atoms with van der Waals surface area (Å²) in [5, 5.41) is 0. The van der Waals surface area contributed by atoms with Crippen LogP contribution in [0.1, 0.15) is 12.8 Å². The molecule has 2 aliphatic rings. The predicted molar refractivity (Wildman–Crippen MR) is 28.7 cm³/mol. The molecule has 0 bridgehead atoms. The molecule has 0 aromatic carbocycles. The summed E-state index contributed by atoms with van der Waals surface area (Å²) in [6.45, 7) is 1.99. The maximum absolute atomic E-state index is 5.03. The van der Waals surface area contributed by atoms with Crippen LogP contribution >= 0.6 is 0 Å². The second-order valence-electron chi connectivity index (χ2n) is 2.49. The van der Waals surface area contributed by atoms with Gasteiger partial charge < -0.3 is 9.47 Å². The highest BCUT2D eigenvalue weighted by Crippen LogP contribution is 2.22. The molecule has 2 aliphatic heterocycles. The maximum Gasteiger partial charge on any atom is 0.0810 e. The normalized spacial score (nSPS) is 42.0. The maximum atomic E-state index is 5.03. The summed E-state index contributed by atoms with van der Waals surface area (Å²) in [5.41, 5.74) is 0. The van der Waals surface area contributed by atoms with Gasteiger partial charge in [0.1, 0.15) is 0 Å². The predicted octanol–water partition coefficient (Wildman–Crippen LogP) is 0.564. The van der Waals surface area contributed by atoms with E-state index in [0.29, 0.717) is 12.2 Å². The second-order valence-corrected chi connectivity index (χ2v) is 2.49. The Bertz CT molecular complexity index is 72.5. The highest BCUT2D eigenvalue weighted by molar-refractivity contribution is 4.75. The summed E-state index contributed by atoms with van der Waals surface area (Å²) >= 11 is 0. The zero-order chi connectivity index (χ0) is 5.40. The summed E-state index contributed by atoms with van der Waals surface area (Å²) in [5.74, 6) is 0. The van der Waals surface area contributed by atoms with Crippen LogP contribution in [0.3, 0.4) is 0 Å². The van der Waals surface area contributed by atoms with Crippen molar-refractivity contribution in [3.63, 3.8) is 0 Å². The summed E-state index contributed by atoms with van der Waals surface area (Å²) in [6, 6.07) is 0. The Hall–Kier alpha value is -0.0800. The van der Waals surface area contributed by atoms with Crippen molar-refractivity contribution in [1.82, 2.24) is 0 Å². The average Bonchev–Trinajstić information content (AvgIpc) is 2.60. The smallest absolute Gasteiger partial charge is 0.0810 e. The number of rotatable bonds is 3. The van der Waals surface area contributed by atoms with Gasteiger partial charge in [0.2, 0.25) is 0 Å². The Morgan fingerprint density at radius 3 is 1.62 bits per heavy atom. The monoisotopic (exact) mass is 114 g/mol. The van der Waals surface area contributed by atoms with Crippen molar-refractivity contribution in [2.45, 2.75) is 25.0 Å². The average molecular weight is 114 g/mol. The van der Waals surface area contributed by atoms with E-state index in [1.807, 2.05) is 0 Å². The lowest BCUT2D eigenvalue weighted by Gasteiger charge is -1.86. The van der Waals surface area contributed by atoms with E-state index in [1.54, 1.807) is 0 Å². The van der Waals surface area contributed by atoms with Crippen LogP contribution in [-0.4, -0.2) is 25.4 Å². The SMILES string of the molecule is C(C[C@H]1CO1)[C@@H]1CO1. The Morgan fingerprint density at radius 2 is 1.38 bits per heavy atom. The van der Waals surface area contributed by atoms with Crippen LogP contribution in [0.25, 0.3) is 0 Å². The third-order valence-corrected chi connectivity index (χ3v) is 1.62. The highest BCUT2D eigenvalue weighted by atomic mass is 16.6. The van der Waals surface area contributed by atoms with Crippen molar-refractivity contribution in [2.24, 2.45) is 0 Å². The minimum Gasteiger partial charge on any atom is -0.373 e. The van der Waals surface area contributed by atoms with Gasteiger partial charge in [-0.2, -0.15) is 0 Å². The molecule has 0 aliphatic carbocycles. The molecule has 2 saturated heterocycles. The van der Waals surface area contributed by atoms with Gasteiger partial charge in [0.15, 0.2) is 0 Å². The van der Waals surface area contributed by atoms with Crippen LogP contribution in [0.2, 0.25) is 0 Å². The van der Waals surface area contributed by atoms with Crippen LogP contribution in [0.15, 0.2) is 0 Å². The van der Waals surface area contributed by atoms with Gasteiger partial charge in [0.05, 0.1) is 25.4 Å². The first-order valence-corrected chi connectivity index (χ1v) is 3.18. The summed E-state index contributed by atoms with van der Waals surface area (Å²) in [7, 11) is 0. The molecule has 8 heavy (non-hydrogen) atoms. The van der Waals surface area contributed by atoms with E-state index in [-0.39, 0.29) is 0 Å². The van der Waals surface area contributed by atoms with Gasteiger partial charge in [-0.3, -0.25) is 0 Å². The van der Waals surface area contributed by atoms with E-state index >= 15 is 0 Å². The second kappa shape index (κ2) is 1.71. The summed E-state index contributed by atoms with van der Waals surface area (Å²) < 4.78 is 10.1. The van der Waals surface area contributed by atoms with Crippen LogP contribution in [0, 0.1) is 0 Å². The molecule has 46 valence electrons.